The Morgan fingerprint density at radius 2 is 1.88 bits per heavy atom. The van der Waals surface area contributed by atoms with E-state index in [1.807, 2.05) is 38.1 Å². The first-order valence-corrected chi connectivity index (χ1v) is 8.36. The van der Waals surface area contributed by atoms with E-state index in [0.717, 1.165) is 21.6 Å². The summed E-state index contributed by atoms with van der Waals surface area (Å²) in [7, 11) is 0. The number of hydrogen-bond acceptors (Lipinski definition) is 4. The molecule has 2 N–H and O–H groups in total. The maximum Gasteiger partial charge on any atom is 0.303 e. The summed E-state index contributed by atoms with van der Waals surface area (Å²) in [5, 5.41) is 21.4. The van der Waals surface area contributed by atoms with E-state index in [1.54, 1.807) is 0 Å². The largest absolute Gasteiger partial charge is 0.481 e. The number of benzene rings is 1. The van der Waals surface area contributed by atoms with Gasteiger partial charge in [0.15, 0.2) is 0 Å². The Morgan fingerprint density at radius 3 is 2.46 bits per heavy atom. The van der Waals surface area contributed by atoms with E-state index in [2.05, 4.69) is 11.4 Å². The Kier molecular flexibility index (Phi) is 5.72. The molecule has 0 spiro atoms. The first kappa shape index (κ1) is 17.7. The number of carbonyl (C=O) groups is 2. The van der Waals surface area contributed by atoms with Gasteiger partial charge in [0.05, 0.1) is 5.56 Å². The molecule has 0 saturated heterocycles. The predicted octanol–water partition coefficient (Wildman–Crippen LogP) is 4.10. The second-order valence-corrected chi connectivity index (χ2v) is 6.74. The molecule has 1 aromatic heterocycles. The summed E-state index contributed by atoms with van der Waals surface area (Å²) < 4.78 is 0. The van der Waals surface area contributed by atoms with Crippen LogP contribution in [0.4, 0.5) is 5.00 Å². The summed E-state index contributed by atoms with van der Waals surface area (Å²) in [5.41, 5.74) is 3.37. The molecule has 0 aliphatic carbocycles. The van der Waals surface area contributed by atoms with Gasteiger partial charge in [-0.1, -0.05) is 29.8 Å². The van der Waals surface area contributed by atoms with Crippen molar-refractivity contribution in [2.75, 3.05) is 5.32 Å². The van der Waals surface area contributed by atoms with Crippen LogP contribution in [0.1, 0.15) is 35.3 Å². The van der Waals surface area contributed by atoms with Gasteiger partial charge in [0.1, 0.15) is 11.1 Å². The lowest BCUT2D eigenvalue weighted by atomic mass is 10.0. The fourth-order valence-corrected chi connectivity index (χ4v) is 3.44. The third-order valence-electron chi connectivity index (χ3n) is 3.58. The number of nitrogens with one attached hydrogen (secondary N) is 1. The summed E-state index contributed by atoms with van der Waals surface area (Å²) in [6, 6.07) is 10.1. The van der Waals surface area contributed by atoms with Crippen LogP contribution in [0.25, 0.3) is 11.1 Å². The zero-order valence-corrected chi connectivity index (χ0v) is 14.4. The molecule has 0 saturated carbocycles. The summed E-state index contributed by atoms with van der Waals surface area (Å²) in [5.74, 6) is -1.20. The van der Waals surface area contributed by atoms with Crippen LogP contribution < -0.4 is 5.32 Å². The molecule has 0 fully saturated rings. The highest BCUT2D eigenvalue weighted by Gasteiger charge is 2.18. The second-order valence-electron chi connectivity index (χ2n) is 5.51. The molecule has 0 atom stereocenters. The fourth-order valence-electron chi connectivity index (χ4n) is 2.40. The van der Waals surface area contributed by atoms with E-state index in [0.29, 0.717) is 10.6 Å². The van der Waals surface area contributed by atoms with Crippen LogP contribution in [0, 0.1) is 25.2 Å². The van der Waals surface area contributed by atoms with Crippen molar-refractivity contribution in [3.8, 4) is 17.2 Å². The summed E-state index contributed by atoms with van der Waals surface area (Å²) >= 11 is 1.36. The Bertz CT molecular complexity index is 801. The zero-order chi connectivity index (χ0) is 17.7. The van der Waals surface area contributed by atoms with Crippen LogP contribution >= 0.6 is 11.3 Å². The minimum atomic E-state index is -0.922. The molecule has 1 amide bonds. The monoisotopic (exact) mass is 342 g/mol. The van der Waals surface area contributed by atoms with Gasteiger partial charge in [-0.25, -0.2) is 0 Å². The van der Waals surface area contributed by atoms with Gasteiger partial charge < -0.3 is 10.4 Å². The number of carbonyl (C=O) groups excluding carboxylic acids is 1. The Balaban J connectivity index is 2.22. The molecule has 5 nitrogen and oxygen atoms in total. The van der Waals surface area contributed by atoms with Crippen molar-refractivity contribution in [1.82, 2.24) is 0 Å². The lowest BCUT2D eigenvalue weighted by Gasteiger charge is -2.04. The molecule has 0 bridgehead atoms. The Labute approximate surface area is 144 Å². The number of nitrogens with zero attached hydrogens (tertiary/aromatic N) is 1. The predicted molar refractivity (Wildman–Crippen MR) is 94.1 cm³/mol. The zero-order valence-electron chi connectivity index (χ0n) is 13.5. The van der Waals surface area contributed by atoms with Gasteiger partial charge in [-0.3, -0.25) is 9.59 Å². The highest BCUT2D eigenvalue weighted by molar-refractivity contribution is 7.17. The minimum absolute atomic E-state index is 0.0450. The first-order valence-electron chi connectivity index (χ1n) is 7.54. The number of aliphatic carboxylic acids is 1. The fraction of sp³-hybridized carbons (Fsp3) is 0.278. The van der Waals surface area contributed by atoms with E-state index in [4.69, 9.17) is 5.11 Å². The van der Waals surface area contributed by atoms with Gasteiger partial charge in [-0.2, -0.15) is 5.26 Å². The molecule has 124 valence electrons. The van der Waals surface area contributed by atoms with Crippen molar-refractivity contribution in [2.45, 2.75) is 33.1 Å². The lowest BCUT2D eigenvalue weighted by molar-refractivity contribution is -0.137. The number of carboxylic acid groups (broad SMARTS) is 1. The number of anilines is 1. The molecular weight excluding hydrogens is 324 g/mol. The smallest absolute Gasteiger partial charge is 0.303 e. The van der Waals surface area contributed by atoms with Gasteiger partial charge >= 0.3 is 5.97 Å². The summed E-state index contributed by atoms with van der Waals surface area (Å²) in [6.07, 6.45) is 0.350. The second kappa shape index (κ2) is 7.75. The molecular formula is C18H18N2O3S. The Morgan fingerprint density at radius 1 is 1.21 bits per heavy atom. The van der Waals surface area contributed by atoms with Gasteiger partial charge in [0, 0.05) is 23.3 Å². The quantitative estimate of drug-likeness (QED) is 0.827. The maximum absolute atomic E-state index is 12.0. The normalized spacial score (nSPS) is 10.2. The SMILES string of the molecule is Cc1ccc(-c2c(C)sc(NC(=O)CCCC(=O)O)c2C#N)cc1. The van der Waals surface area contributed by atoms with E-state index >= 15 is 0 Å². The van der Waals surface area contributed by atoms with Crippen LogP contribution in [-0.2, 0) is 9.59 Å². The lowest BCUT2D eigenvalue weighted by Crippen LogP contribution is -2.11. The highest BCUT2D eigenvalue weighted by atomic mass is 32.1. The molecule has 0 aliphatic heterocycles. The topological polar surface area (TPSA) is 90.2 Å². The molecule has 2 rings (SSSR count). The molecule has 0 radical (unpaired) electrons. The van der Waals surface area contributed by atoms with Crippen molar-refractivity contribution in [1.29, 1.82) is 5.26 Å². The van der Waals surface area contributed by atoms with Crippen molar-refractivity contribution in [3.05, 3.63) is 40.3 Å². The first-order chi connectivity index (χ1) is 11.4. The Hall–Kier alpha value is -2.65. The standard InChI is InChI=1S/C18H18N2O3S/c1-11-6-8-13(9-7-11)17-12(2)24-18(14(17)10-19)20-15(21)4-3-5-16(22)23/h6-9H,3-5H2,1-2H3,(H,20,21)(H,22,23). The van der Waals surface area contributed by atoms with Crippen molar-refractivity contribution < 1.29 is 14.7 Å². The number of thiophene rings is 1. The van der Waals surface area contributed by atoms with Gasteiger partial charge in [0.2, 0.25) is 5.91 Å². The van der Waals surface area contributed by atoms with E-state index in [-0.39, 0.29) is 25.2 Å². The molecule has 1 heterocycles. The van der Waals surface area contributed by atoms with Crippen LogP contribution in [0.2, 0.25) is 0 Å². The summed E-state index contributed by atoms with van der Waals surface area (Å²) in [6.45, 7) is 3.92. The average molecular weight is 342 g/mol. The third-order valence-corrected chi connectivity index (χ3v) is 4.60. The maximum atomic E-state index is 12.0. The van der Waals surface area contributed by atoms with E-state index in [9.17, 15) is 14.9 Å². The summed E-state index contributed by atoms with van der Waals surface area (Å²) in [4.78, 5) is 23.4. The molecule has 1 aromatic carbocycles. The van der Waals surface area contributed by atoms with Crippen LogP contribution in [0.5, 0.6) is 0 Å². The van der Waals surface area contributed by atoms with Crippen molar-refractivity contribution >= 4 is 28.2 Å². The van der Waals surface area contributed by atoms with Crippen molar-refractivity contribution in [2.24, 2.45) is 0 Å². The van der Waals surface area contributed by atoms with Crippen molar-refractivity contribution in [3.63, 3.8) is 0 Å². The third kappa shape index (κ3) is 4.21. The number of rotatable bonds is 6. The minimum Gasteiger partial charge on any atom is -0.481 e. The van der Waals surface area contributed by atoms with Gasteiger partial charge in [-0.15, -0.1) is 11.3 Å². The molecule has 2 aromatic rings. The average Bonchev–Trinajstić information content (AvgIpc) is 2.83. The number of aryl methyl sites for hydroxylation is 2. The highest BCUT2D eigenvalue weighted by Crippen LogP contribution is 2.39. The van der Waals surface area contributed by atoms with Crippen LogP contribution in [-0.4, -0.2) is 17.0 Å². The van der Waals surface area contributed by atoms with E-state index < -0.39 is 5.97 Å². The molecule has 0 unspecified atom stereocenters. The number of nitriles is 1. The number of amides is 1. The number of carboxylic acids is 1. The molecule has 24 heavy (non-hydrogen) atoms. The number of hydrogen-bond donors (Lipinski definition) is 2. The van der Waals surface area contributed by atoms with Crippen LogP contribution in [0.3, 0.4) is 0 Å². The van der Waals surface area contributed by atoms with Crippen LogP contribution in [0.15, 0.2) is 24.3 Å². The molecule has 0 aliphatic rings. The van der Waals surface area contributed by atoms with E-state index in [1.165, 1.54) is 11.3 Å². The molecule has 6 heteroatoms. The van der Waals surface area contributed by atoms with Gasteiger partial charge in [0.25, 0.3) is 0 Å². The van der Waals surface area contributed by atoms with Gasteiger partial charge in [-0.05, 0) is 25.8 Å².